The van der Waals surface area contributed by atoms with Crippen molar-refractivity contribution in [1.29, 1.82) is 0 Å². The molecule has 0 bridgehead atoms. The zero-order valence-corrected chi connectivity index (χ0v) is 10.6. The average Bonchev–Trinajstić information content (AvgIpc) is 2.91. The number of benzene rings is 1. The zero-order chi connectivity index (χ0) is 13.5. The maximum atomic E-state index is 11.7. The van der Waals surface area contributed by atoms with E-state index >= 15 is 0 Å². The molecule has 0 fully saturated rings. The number of nitrogens with zero attached hydrogens (tertiary/aromatic N) is 2. The van der Waals surface area contributed by atoms with Crippen LogP contribution >= 0.6 is 0 Å². The summed E-state index contributed by atoms with van der Waals surface area (Å²) in [6, 6.07) is 7.60. The molecular weight excluding hydrogens is 242 g/mol. The molecule has 0 saturated heterocycles. The maximum absolute atomic E-state index is 11.7. The molecule has 0 radical (unpaired) electrons. The van der Waals surface area contributed by atoms with E-state index in [0.29, 0.717) is 25.8 Å². The lowest BCUT2D eigenvalue weighted by Gasteiger charge is -2.06. The normalized spacial score (nSPS) is 10.3. The molecule has 0 spiro atoms. The van der Waals surface area contributed by atoms with Gasteiger partial charge in [-0.1, -0.05) is 18.2 Å². The monoisotopic (exact) mass is 259 g/mol. The van der Waals surface area contributed by atoms with Crippen molar-refractivity contribution in [3.8, 4) is 0 Å². The Morgan fingerprint density at radius 3 is 2.89 bits per heavy atom. The average molecular weight is 259 g/mol. The van der Waals surface area contributed by atoms with E-state index in [1.165, 1.54) is 6.33 Å². The molecule has 0 unspecified atom stereocenters. The number of carbonyl (C=O) groups excluding carboxylic acids is 1. The molecule has 2 rings (SSSR count). The molecule has 1 amide bonds. The summed E-state index contributed by atoms with van der Waals surface area (Å²) in [4.78, 5) is 15.6. The summed E-state index contributed by atoms with van der Waals surface area (Å²) in [6.45, 7) is 0.554. The van der Waals surface area contributed by atoms with Crippen molar-refractivity contribution in [2.45, 2.75) is 19.3 Å². The van der Waals surface area contributed by atoms with Crippen LogP contribution in [-0.4, -0.2) is 27.6 Å². The molecule has 1 heterocycles. The molecule has 1 aromatic carbocycles. The highest BCUT2D eigenvalue weighted by Gasteiger charge is 2.04. The van der Waals surface area contributed by atoms with Gasteiger partial charge in [0, 0.05) is 25.1 Å². The van der Waals surface area contributed by atoms with Gasteiger partial charge in [0.25, 0.3) is 0 Å². The van der Waals surface area contributed by atoms with Crippen LogP contribution in [-0.2, 0) is 17.6 Å². The molecule has 0 saturated carbocycles. The van der Waals surface area contributed by atoms with Crippen molar-refractivity contribution < 1.29 is 4.79 Å². The van der Waals surface area contributed by atoms with Gasteiger partial charge in [-0.2, -0.15) is 5.10 Å². The summed E-state index contributed by atoms with van der Waals surface area (Å²) in [5.74, 6) is 0.787. The first kappa shape index (κ1) is 13.1. The fourth-order valence-electron chi connectivity index (χ4n) is 1.77. The minimum atomic E-state index is 0.0165. The summed E-state index contributed by atoms with van der Waals surface area (Å²) < 4.78 is 0. The number of rotatable bonds is 6. The highest BCUT2D eigenvalue weighted by Crippen LogP contribution is 2.12. The second-order valence-electron chi connectivity index (χ2n) is 4.23. The summed E-state index contributed by atoms with van der Waals surface area (Å²) in [5.41, 5.74) is 7.56. The number of amides is 1. The van der Waals surface area contributed by atoms with Crippen molar-refractivity contribution in [1.82, 2.24) is 20.5 Å². The first-order valence-electron chi connectivity index (χ1n) is 6.20. The van der Waals surface area contributed by atoms with Crippen LogP contribution in [0.15, 0.2) is 30.6 Å². The van der Waals surface area contributed by atoms with Gasteiger partial charge in [-0.15, -0.1) is 0 Å². The second-order valence-corrected chi connectivity index (χ2v) is 4.23. The highest BCUT2D eigenvalue weighted by molar-refractivity contribution is 5.76. The molecule has 1 aromatic heterocycles. The largest absolute Gasteiger partial charge is 0.399 e. The highest BCUT2D eigenvalue weighted by atomic mass is 16.1. The number of nitrogens with two attached hydrogens (primary N) is 1. The molecule has 0 aliphatic heterocycles. The van der Waals surface area contributed by atoms with Crippen LogP contribution in [0.3, 0.4) is 0 Å². The van der Waals surface area contributed by atoms with E-state index in [1.807, 2.05) is 24.3 Å². The topological polar surface area (TPSA) is 96.7 Å². The Morgan fingerprint density at radius 1 is 1.32 bits per heavy atom. The zero-order valence-electron chi connectivity index (χ0n) is 10.6. The number of hydrogen-bond acceptors (Lipinski definition) is 4. The lowest BCUT2D eigenvalue weighted by Crippen LogP contribution is -2.26. The molecule has 0 atom stereocenters. The van der Waals surface area contributed by atoms with Gasteiger partial charge in [0.15, 0.2) is 0 Å². The lowest BCUT2D eigenvalue weighted by molar-refractivity contribution is -0.121. The Kier molecular flexibility index (Phi) is 4.49. The number of anilines is 1. The van der Waals surface area contributed by atoms with Crippen LogP contribution in [0.5, 0.6) is 0 Å². The van der Waals surface area contributed by atoms with Crippen molar-refractivity contribution in [2.24, 2.45) is 0 Å². The van der Waals surface area contributed by atoms with E-state index in [1.54, 1.807) is 0 Å². The Hall–Kier alpha value is -2.37. The standard InChI is InChI=1S/C13H17N5O/c14-11-4-2-1-3-10(11)5-6-13(19)15-8-7-12-16-9-17-18-12/h1-4,9H,5-8,14H2,(H,15,19)(H,16,17,18). The number of aromatic amines is 1. The number of nitrogen functional groups attached to an aromatic ring is 1. The quantitative estimate of drug-likeness (QED) is 0.664. The minimum Gasteiger partial charge on any atom is -0.399 e. The Morgan fingerprint density at radius 2 is 2.16 bits per heavy atom. The van der Waals surface area contributed by atoms with Gasteiger partial charge in [0.1, 0.15) is 12.2 Å². The van der Waals surface area contributed by atoms with Crippen molar-refractivity contribution >= 4 is 11.6 Å². The molecule has 6 heteroatoms. The van der Waals surface area contributed by atoms with Crippen LogP contribution in [0.1, 0.15) is 17.8 Å². The number of hydrogen-bond donors (Lipinski definition) is 3. The molecular formula is C13H17N5O. The number of aromatic nitrogens is 3. The smallest absolute Gasteiger partial charge is 0.220 e. The molecule has 100 valence electrons. The van der Waals surface area contributed by atoms with Gasteiger partial charge in [-0.3, -0.25) is 9.89 Å². The summed E-state index contributed by atoms with van der Waals surface area (Å²) in [7, 11) is 0. The first-order chi connectivity index (χ1) is 9.25. The number of nitrogens with one attached hydrogen (secondary N) is 2. The number of carbonyl (C=O) groups is 1. The third-order valence-electron chi connectivity index (χ3n) is 2.83. The van der Waals surface area contributed by atoms with Gasteiger partial charge in [0.05, 0.1) is 0 Å². The summed E-state index contributed by atoms with van der Waals surface area (Å²) in [6.07, 6.45) is 3.19. The third kappa shape index (κ3) is 4.09. The SMILES string of the molecule is Nc1ccccc1CCC(=O)NCCc1ncn[nH]1. The number of para-hydroxylation sites is 1. The van der Waals surface area contributed by atoms with Crippen molar-refractivity contribution in [3.63, 3.8) is 0 Å². The van der Waals surface area contributed by atoms with E-state index in [0.717, 1.165) is 17.1 Å². The van der Waals surface area contributed by atoms with Crippen LogP contribution in [0, 0.1) is 0 Å². The molecule has 0 aliphatic carbocycles. The van der Waals surface area contributed by atoms with Crippen molar-refractivity contribution in [2.75, 3.05) is 12.3 Å². The molecule has 6 nitrogen and oxygen atoms in total. The van der Waals surface area contributed by atoms with Crippen LogP contribution < -0.4 is 11.1 Å². The Labute approximate surface area is 111 Å². The molecule has 0 aliphatic rings. The minimum absolute atomic E-state index is 0.0165. The fourth-order valence-corrected chi connectivity index (χ4v) is 1.77. The summed E-state index contributed by atoms with van der Waals surface area (Å²) in [5, 5.41) is 9.33. The Balaban J connectivity index is 1.69. The van der Waals surface area contributed by atoms with E-state index in [9.17, 15) is 4.79 Å². The van der Waals surface area contributed by atoms with E-state index in [4.69, 9.17) is 5.73 Å². The number of aryl methyl sites for hydroxylation is 1. The predicted molar refractivity (Wildman–Crippen MR) is 72.3 cm³/mol. The lowest BCUT2D eigenvalue weighted by atomic mass is 10.1. The second kappa shape index (κ2) is 6.53. The van der Waals surface area contributed by atoms with Gasteiger partial charge in [-0.05, 0) is 18.1 Å². The van der Waals surface area contributed by atoms with Gasteiger partial charge in [-0.25, -0.2) is 4.98 Å². The molecule has 2 aromatic rings. The summed E-state index contributed by atoms with van der Waals surface area (Å²) >= 11 is 0. The van der Waals surface area contributed by atoms with Crippen LogP contribution in [0.4, 0.5) is 5.69 Å². The van der Waals surface area contributed by atoms with E-state index in [-0.39, 0.29) is 5.91 Å². The first-order valence-corrected chi connectivity index (χ1v) is 6.20. The number of H-pyrrole nitrogens is 1. The third-order valence-corrected chi connectivity index (χ3v) is 2.83. The van der Waals surface area contributed by atoms with Gasteiger partial charge < -0.3 is 11.1 Å². The van der Waals surface area contributed by atoms with Crippen LogP contribution in [0.25, 0.3) is 0 Å². The maximum Gasteiger partial charge on any atom is 0.220 e. The van der Waals surface area contributed by atoms with E-state index in [2.05, 4.69) is 20.5 Å². The van der Waals surface area contributed by atoms with Crippen molar-refractivity contribution in [3.05, 3.63) is 42.0 Å². The van der Waals surface area contributed by atoms with E-state index < -0.39 is 0 Å². The molecule has 19 heavy (non-hydrogen) atoms. The fraction of sp³-hybridized carbons (Fsp3) is 0.308. The Bertz CT molecular complexity index is 524. The van der Waals surface area contributed by atoms with Gasteiger partial charge >= 0.3 is 0 Å². The predicted octanol–water partition coefficient (Wildman–Crippen LogP) is 0.678. The van der Waals surface area contributed by atoms with Gasteiger partial charge in [0.2, 0.25) is 5.91 Å². The van der Waals surface area contributed by atoms with Crippen LogP contribution in [0.2, 0.25) is 0 Å². The molecule has 4 N–H and O–H groups in total.